The lowest BCUT2D eigenvalue weighted by Crippen LogP contribution is -2.51. The van der Waals surface area contributed by atoms with Gasteiger partial charge in [-0.25, -0.2) is 0 Å². The fraction of sp³-hybridized carbons (Fsp3) is 0.500. The molecule has 24 heavy (non-hydrogen) atoms. The monoisotopic (exact) mass is 359 g/mol. The zero-order valence-electron chi connectivity index (χ0n) is 14.3. The van der Waals surface area contributed by atoms with Crippen molar-refractivity contribution in [2.45, 2.75) is 38.8 Å². The van der Waals surface area contributed by atoms with Gasteiger partial charge in [-0.15, -0.1) is 12.4 Å². The zero-order chi connectivity index (χ0) is 17.5. The fourth-order valence-corrected chi connectivity index (χ4v) is 2.11. The number of carbonyl (C=O) groups is 2. The Bertz CT molecular complexity index is 564. The maximum atomic E-state index is 12.1. The SMILES string of the molecule is CCCC(C)(N)C(=O)NCc1ccc(OCC(N)=O)c(OC)c1.Cl. The van der Waals surface area contributed by atoms with Crippen LogP contribution in [0.2, 0.25) is 0 Å². The average molecular weight is 360 g/mol. The van der Waals surface area contributed by atoms with E-state index in [-0.39, 0.29) is 24.9 Å². The van der Waals surface area contributed by atoms with Gasteiger partial charge in [0, 0.05) is 6.54 Å². The summed E-state index contributed by atoms with van der Waals surface area (Å²) in [5.41, 5.74) is 11.0. The number of primary amides is 1. The van der Waals surface area contributed by atoms with Crippen molar-refractivity contribution in [3.05, 3.63) is 23.8 Å². The van der Waals surface area contributed by atoms with E-state index in [0.717, 1.165) is 12.0 Å². The Hall–Kier alpha value is -1.99. The van der Waals surface area contributed by atoms with Gasteiger partial charge in [0.15, 0.2) is 18.1 Å². The first kappa shape index (κ1) is 22.0. The molecule has 0 fully saturated rings. The summed E-state index contributed by atoms with van der Waals surface area (Å²) in [6.07, 6.45) is 1.45. The molecule has 1 aromatic carbocycles. The van der Waals surface area contributed by atoms with Crippen molar-refractivity contribution < 1.29 is 19.1 Å². The molecule has 5 N–H and O–H groups in total. The van der Waals surface area contributed by atoms with Crippen LogP contribution in [0.25, 0.3) is 0 Å². The van der Waals surface area contributed by atoms with Gasteiger partial charge in [-0.3, -0.25) is 9.59 Å². The number of amides is 2. The molecule has 0 saturated heterocycles. The number of carbonyl (C=O) groups excluding carboxylic acids is 2. The topological polar surface area (TPSA) is 117 Å². The van der Waals surface area contributed by atoms with E-state index in [2.05, 4.69) is 5.32 Å². The van der Waals surface area contributed by atoms with Crippen molar-refractivity contribution in [1.82, 2.24) is 5.32 Å². The summed E-state index contributed by atoms with van der Waals surface area (Å²) in [4.78, 5) is 22.8. The van der Waals surface area contributed by atoms with Crippen LogP contribution in [0.1, 0.15) is 32.3 Å². The maximum Gasteiger partial charge on any atom is 0.255 e. The predicted octanol–water partition coefficient (Wildman–Crippen LogP) is 1.11. The second-order valence-electron chi connectivity index (χ2n) is 5.59. The quantitative estimate of drug-likeness (QED) is 0.610. The summed E-state index contributed by atoms with van der Waals surface area (Å²) >= 11 is 0. The molecule has 0 aliphatic heterocycles. The first-order chi connectivity index (χ1) is 10.8. The van der Waals surface area contributed by atoms with Crippen molar-refractivity contribution in [3.63, 3.8) is 0 Å². The smallest absolute Gasteiger partial charge is 0.255 e. The minimum atomic E-state index is -0.886. The average Bonchev–Trinajstić information content (AvgIpc) is 2.50. The Labute approximate surface area is 148 Å². The van der Waals surface area contributed by atoms with Gasteiger partial charge in [0.2, 0.25) is 5.91 Å². The minimum absolute atomic E-state index is 0. The predicted molar refractivity (Wildman–Crippen MR) is 94.3 cm³/mol. The van der Waals surface area contributed by atoms with E-state index in [4.69, 9.17) is 20.9 Å². The Morgan fingerprint density at radius 3 is 2.50 bits per heavy atom. The van der Waals surface area contributed by atoms with Crippen LogP contribution in [0.5, 0.6) is 11.5 Å². The highest BCUT2D eigenvalue weighted by atomic mass is 35.5. The number of ether oxygens (including phenoxy) is 2. The molecule has 1 atom stereocenters. The molecule has 1 aromatic rings. The van der Waals surface area contributed by atoms with Gasteiger partial charge in [-0.1, -0.05) is 19.4 Å². The number of hydrogen-bond acceptors (Lipinski definition) is 5. The Balaban J connectivity index is 0.00000529. The molecule has 136 valence electrons. The van der Waals surface area contributed by atoms with Crippen LogP contribution in [0.15, 0.2) is 18.2 Å². The van der Waals surface area contributed by atoms with Crippen molar-refractivity contribution in [2.24, 2.45) is 11.5 Å². The van der Waals surface area contributed by atoms with E-state index in [1.54, 1.807) is 25.1 Å². The molecule has 1 rings (SSSR count). The second kappa shape index (κ2) is 10.00. The molecule has 0 heterocycles. The highest BCUT2D eigenvalue weighted by Gasteiger charge is 2.26. The van der Waals surface area contributed by atoms with Crippen LogP contribution in [0.4, 0.5) is 0 Å². The van der Waals surface area contributed by atoms with E-state index in [1.165, 1.54) is 7.11 Å². The normalized spacial score (nSPS) is 12.5. The molecule has 0 spiro atoms. The van der Waals surface area contributed by atoms with Crippen molar-refractivity contribution in [1.29, 1.82) is 0 Å². The minimum Gasteiger partial charge on any atom is -0.493 e. The van der Waals surface area contributed by atoms with Crippen LogP contribution in [0, 0.1) is 0 Å². The first-order valence-electron chi connectivity index (χ1n) is 7.45. The Morgan fingerprint density at radius 2 is 1.96 bits per heavy atom. The number of hydrogen-bond donors (Lipinski definition) is 3. The molecule has 7 nitrogen and oxygen atoms in total. The van der Waals surface area contributed by atoms with E-state index >= 15 is 0 Å². The number of halogens is 1. The largest absolute Gasteiger partial charge is 0.493 e. The highest BCUT2D eigenvalue weighted by molar-refractivity contribution is 5.85. The van der Waals surface area contributed by atoms with Crippen LogP contribution in [-0.4, -0.2) is 31.1 Å². The Morgan fingerprint density at radius 1 is 1.29 bits per heavy atom. The van der Waals surface area contributed by atoms with Gasteiger partial charge in [-0.2, -0.15) is 0 Å². The molecule has 0 radical (unpaired) electrons. The van der Waals surface area contributed by atoms with Gasteiger partial charge in [-0.05, 0) is 31.0 Å². The molecule has 1 unspecified atom stereocenters. The maximum absolute atomic E-state index is 12.1. The summed E-state index contributed by atoms with van der Waals surface area (Å²) in [6.45, 7) is 3.79. The fourth-order valence-electron chi connectivity index (χ4n) is 2.11. The van der Waals surface area contributed by atoms with Crippen molar-refractivity contribution in [3.8, 4) is 11.5 Å². The van der Waals surface area contributed by atoms with Gasteiger partial charge >= 0.3 is 0 Å². The number of benzene rings is 1. The van der Waals surface area contributed by atoms with Crippen LogP contribution in [-0.2, 0) is 16.1 Å². The summed E-state index contributed by atoms with van der Waals surface area (Å²) in [5.74, 6) is 0.104. The van der Waals surface area contributed by atoms with E-state index < -0.39 is 11.4 Å². The lowest BCUT2D eigenvalue weighted by molar-refractivity contribution is -0.126. The second-order valence-corrected chi connectivity index (χ2v) is 5.59. The van der Waals surface area contributed by atoms with Crippen LogP contribution in [0.3, 0.4) is 0 Å². The van der Waals surface area contributed by atoms with Gasteiger partial charge < -0.3 is 26.3 Å². The Kier molecular flexibility index (Phi) is 9.17. The summed E-state index contributed by atoms with van der Waals surface area (Å²) < 4.78 is 10.5. The third kappa shape index (κ3) is 6.64. The standard InChI is InChI=1S/C16H25N3O4.ClH/c1-4-7-16(2,18)15(21)19-9-11-5-6-12(13(8-11)22-3)23-10-14(17)20;/h5-6,8H,4,7,9-10,18H2,1-3H3,(H2,17,20)(H,19,21);1H. The van der Waals surface area contributed by atoms with Crippen molar-refractivity contribution in [2.75, 3.05) is 13.7 Å². The van der Waals surface area contributed by atoms with Crippen molar-refractivity contribution >= 4 is 24.2 Å². The molecule has 0 saturated carbocycles. The number of nitrogens with one attached hydrogen (secondary N) is 1. The highest BCUT2D eigenvalue weighted by Crippen LogP contribution is 2.28. The summed E-state index contributed by atoms with van der Waals surface area (Å²) in [7, 11) is 1.49. The molecule has 8 heteroatoms. The van der Waals surface area contributed by atoms with E-state index in [0.29, 0.717) is 24.5 Å². The van der Waals surface area contributed by atoms with Crippen LogP contribution < -0.4 is 26.3 Å². The van der Waals surface area contributed by atoms with E-state index in [1.807, 2.05) is 6.92 Å². The first-order valence-corrected chi connectivity index (χ1v) is 7.45. The number of methoxy groups -OCH3 is 1. The molecular weight excluding hydrogens is 334 g/mol. The molecule has 0 aromatic heterocycles. The van der Waals surface area contributed by atoms with Gasteiger partial charge in [0.05, 0.1) is 12.6 Å². The molecule has 2 amide bonds. The third-order valence-corrected chi connectivity index (χ3v) is 3.34. The summed E-state index contributed by atoms with van der Waals surface area (Å²) in [5, 5.41) is 2.81. The number of nitrogens with two attached hydrogens (primary N) is 2. The van der Waals surface area contributed by atoms with E-state index in [9.17, 15) is 9.59 Å². The van der Waals surface area contributed by atoms with Gasteiger partial charge in [0.25, 0.3) is 5.91 Å². The lowest BCUT2D eigenvalue weighted by Gasteiger charge is -2.23. The third-order valence-electron chi connectivity index (χ3n) is 3.34. The van der Waals surface area contributed by atoms with Gasteiger partial charge in [0.1, 0.15) is 0 Å². The number of rotatable bonds is 9. The molecule has 0 aliphatic carbocycles. The zero-order valence-corrected chi connectivity index (χ0v) is 15.1. The lowest BCUT2D eigenvalue weighted by atomic mass is 9.96. The molecular formula is C16H26ClN3O4. The van der Waals surface area contributed by atoms with Crippen LogP contribution >= 0.6 is 12.4 Å². The molecule has 0 bridgehead atoms. The molecule has 0 aliphatic rings. The summed E-state index contributed by atoms with van der Waals surface area (Å²) in [6, 6.07) is 5.16.